The number of thioether (sulfide) groups is 1. The molecule has 0 radical (unpaired) electrons. The summed E-state index contributed by atoms with van der Waals surface area (Å²) in [4.78, 5) is 12.0. The predicted octanol–water partition coefficient (Wildman–Crippen LogP) is 5.01. The monoisotopic (exact) mass is 436 g/mol. The second-order valence-corrected chi connectivity index (χ2v) is 8.18. The van der Waals surface area contributed by atoms with Crippen molar-refractivity contribution in [2.45, 2.75) is 37.9 Å². The van der Waals surface area contributed by atoms with Gasteiger partial charge < -0.3 is 14.2 Å². The van der Waals surface area contributed by atoms with Crippen LogP contribution in [0.25, 0.3) is 17.3 Å². The Morgan fingerprint density at radius 2 is 1.94 bits per heavy atom. The van der Waals surface area contributed by atoms with E-state index in [1.807, 2.05) is 41.0 Å². The fraction of sp³-hybridized carbons (Fsp3) is 0.261. The van der Waals surface area contributed by atoms with Crippen LogP contribution in [-0.4, -0.2) is 26.4 Å². The molecule has 0 saturated carbocycles. The maximum atomic E-state index is 12.0. The summed E-state index contributed by atoms with van der Waals surface area (Å²) in [7, 11) is 0. The van der Waals surface area contributed by atoms with Crippen LogP contribution in [0.5, 0.6) is 0 Å². The molecule has 4 aromatic rings. The third kappa shape index (κ3) is 5.46. The minimum absolute atomic E-state index is 0.0319. The Labute approximate surface area is 184 Å². The first-order valence-electron chi connectivity index (χ1n) is 10.2. The smallest absolute Gasteiger partial charge is 0.220 e. The first-order chi connectivity index (χ1) is 15.2. The summed E-state index contributed by atoms with van der Waals surface area (Å²) < 4.78 is 12.8. The molecular weight excluding hydrogens is 412 g/mol. The number of unbranched alkanes of at least 4 members (excludes halogenated alkanes) is 1. The van der Waals surface area contributed by atoms with Crippen LogP contribution in [0.3, 0.4) is 0 Å². The molecule has 0 unspecified atom stereocenters. The summed E-state index contributed by atoms with van der Waals surface area (Å²) in [6.07, 6.45) is 5.43. The van der Waals surface area contributed by atoms with Gasteiger partial charge in [-0.2, -0.15) is 0 Å². The van der Waals surface area contributed by atoms with Crippen molar-refractivity contribution in [3.63, 3.8) is 0 Å². The Morgan fingerprint density at radius 1 is 1.06 bits per heavy atom. The van der Waals surface area contributed by atoms with Crippen LogP contribution in [0.15, 0.2) is 75.0 Å². The van der Waals surface area contributed by atoms with E-state index in [1.165, 1.54) is 0 Å². The van der Waals surface area contributed by atoms with E-state index in [0.29, 0.717) is 24.6 Å². The molecule has 0 bridgehead atoms. The maximum absolute atomic E-state index is 12.0. The predicted molar refractivity (Wildman–Crippen MR) is 119 cm³/mol. The van der Waals surface area contributed by atoms with E-state index in [4.69, 9.17) is 8.83 Å². The minimum atomic E-state index is 0.0319. The van der Waals surface area contributed by atoms with Gasteiger partial charge in [-0.1, -0.05) is 23.9 Å². The van der Waals surface area contributed by atoms with E-state index < -0.39 is 0 Å². The number of amides is 1. The second-order valence-electron chi connectivity index (χ2n) is 7.12. The maximum Gasteiger partial charge on any atom is 0.220 e. The highest BCUT2D eigenvalue weighted by Crippen LogP contribution is 2.29. The van der Waals surface area contributed by atoms with Crippen LogP contribution < -0.4 is 5.32 Å². The summed E-state index contributed by atoms with van der Waals surface area (Å²) in [6, 6.07) is 15.6. The summed E-state index contributed by atoms with van der Waals surface area (Å²) >= 11 is 1.63. The SMILES string of the molecule is Cc1cccc(-n2c(SCCCCC(=O)NCc3ccco3)nnc2-c2ccco2)c1. The van der Waals surface area contributed by atoms with Gasteiger partial charge in [-0.15, -0.1) is 10.2 Å². The topological polar surface area (TPSA) is 86.1 Å². The molecule has 3 aromatic heterocycles. The van der Waals surface area contributed by atoms with Gasteiger partial charge in [0.15, 0.2) is 10.9 Å². The molecular formula is C23H24N4O3S. The van der Waals surface area contributed by atoms with Gasteiger partial charge in [-0.05, 0) is 61.7 Å². The average Bonchev–Trinajstić information content (AvgIpc) is 3.53. The molecule has 3 heterocycles. The van der Waals surface area contributed by atoms with Crippen molar-refractivity contribution in [3.8, 4) is 17.3 Å². The zero-order valence-electron chi connectivity index (χ0n) is 17.3. The van der Waals surface area contributed by atoms with Crippen LogP contribution in [0.2, 0.25) is 0 Å². The number of aryl methyl sites for hydroxylation is 1. The minimum Gasteiger partial charge on any atom is -0.467 e. The zero-order valence-corrected chi connectivity index (χ0v) is 18.1. The number of benzene rings is 1. The van der Waals surface area contributed by atoms with Gasteiger partial charge in [-0.3, -0.25) is 9.36 Å². The van der Waals surface area contributed by atoms with Gasteiger partial charge in [-0.25, -0.2) is 0 Å². The number of nitrogens with zero attached hydrogens (tertiary/aromatic N) is 3. The molecule has 8 heteroatoms. The normalized spacial score (nSPS) is 11.0. The number of aromatic nitrogens is 3. The van der Waals surface area contributed by atoms with Crippen molar-refractivity contribution >= 4 is 17.7 Å². The Hall–Kier alpha value is -3.26. The standard InChI is InChI=1S/C23H24N4O3S/c1-17-7-4-8-18(15-17)27-22(20-10-6-13-30-20)25-26-23(27)31-14-3-2-11-21(28)24-16-19-9-5-12-29-19/h4-10,12-13,15H,2-3,11,14,16H2,1H3,(H,24,28). The highest BCUT2D eigenvalue weighted by Gasteiger charge is 2.18. The lowest BCUT2D eigenvalue weighted by Gasteiger charge is -2.10. The van der Waals surface area contributed by atoms with Crippen LogP contribution in [0.4, 0.5) is 0 Å². The average molecular weight is 437 g/mol. The highest BCUT2D eigenvalue weighted by atomic mass is 32.2. The number of furan rings is 2. The third-order valence-electron chi connectivity index (χ3n) is 4.70. The Balaban J connectivity index is 1.34. The summed E-state index contributed by atoms with van der Waals surface area (Å²) in [5.41, 5.74) is 2.16. The summed E-state index contributed by atoms with van der Waals surface area (Å²) in [5.74, 6) is 2.98. The molecule has 7 nitrogen and oxygen atoms in total. The molecule has 0 fully saturated rings. The second kappa shape index (κ2) is 10.2. The Kier molecular flexibility index (Phi) is 6.89. The van der Waals surface area contributed by atoms with Gasteiger partial charge in [0, 0.05) is 12.2 Å². The number of hydrogen-bond donors (Lipinski definition) is 1. The zero-order chi connectivity index (χ0) is 21.5. The lowest BCUT2D eigenvalue weighted by Crippen LogP contribution is -2.22. The molecule has 0 aliphatic heterocycles. The fourth-order valence-electron chi connectivity index (χ4n) is 3.17. The lowest BCUT2D eigenvalue weighted by atomic mass is 10.2. The van der Waals surface area contributed by atoms with Crippen molar-refractivity contribution < 1.29 is 13.6 Å². The molecule has 160 valence electrons. The molecule has 0 saturated heterocycles. The molecule has 1 N–H and O–H groups in total. The first-order valence-corrected chi connectivity index (χ1v) is 11.2. The number of carbonyl (C=O) groups excluding carboxylic acids is 1. The third-order valence-corrected chi connectivity index (χ3v) is 5.72. The van der Waals surface area contributed by atoms with Gasteiger partial charge in [0.1, 0.15) is 5.76 Å². The van der Waals surface area contributed by atoms with Crippen molar-refractivity contribution in [1.82, 2.24) is 20.1 Å². The van der Waals surface area contributed by atoms with Crippen LogP contribution in [-0.2, 0) is 11.3 Å². The van der Waals surface area contributed by atoms with Gasteiger partial charge in [0.05, 0.1) is 24.8 Å². The van der Waals surface area contributed by atoms with E-state index >= 15 is 0 Å². The van der Waals surface area contributed by atoms with Crippen molar-refractivity contribution in [1.29, 1.82) is 0 Å². The largest absolute Gasteiger partial charge is 0.467 e. The van der Waals surface area contributed by atoms with E-state index in [0.717, 1.165) is 40.8 Å². The molecule has 0 atom stereocenters. The lowest BCUT2D eigenvalue weighted by molar-refractivity contribution is -0.121. The van der Waals surface area contributed by atoms with Gasteiger partial charge in [0.2, 0.25) is 11.7 Å². The molecule has 1 amide bonds. The number of hydrogen-bond acceptors (Lipinski definition) is 6. The summed E-state index contributed by atoms with van der Waals surface area (Å²) in [6.45, 7) is 2.49. The first kappa shape index (κ1) is 21.0. The number of nitrogens with one attached hydrogen (secondary N) is 1. The van der Waals surface area contributed by atoms with Crippen molar-refractivity contribution in [2.24, 2.45) is 0 Å². The Morgan fingerprint density at radius 3 is 2.71 bits per heavy atom. The van der Waals surface area contributed by atoms with Crippen LogP contribution in [0, 0.1) is 6.92 Å². The summed E-state index contributed by atoms with van der Waals surface area (Å²) in [5, 5.41) is 12.4. The molecule has 0 aliphatic rings. The molecule has 0 spiro atoms. The van der Waals surface area contributed by atoms with E-state index in [1.54, 1.807) is 24.3 Å². The molecule has 31 heavy (non-hydrogen) atoms. The van der Waals surface area contributed by atoms with Crippen molar-refractivity contribution in [3.05, 3.63) is 72.4 Å². The van der Waals surface area contributed by atoms with E-state index in [-0.39, 0.29) is 5.91 Å². The fourth-order valence-corrected chi connectivity index (χ4v) is 4.12. The van der Waals surface area contributed by atoms with Gasteiger partial charge in [0.25, 0.3) is 0 Å². The van der Waals surface area contributed by atoms with Crippen LogP contribution >= 0.6 is 11.8 Å². The quantitative estimate of drug-likeness (QED) is 0.278. The van der Waals surface area contributed by atoms with Crippen molar-refractivity contribution in [2.75, 3.05) is 5.75 Å². The molecule has 0 aliphatic carbocycles. The van der Waals surface area contributed by atoms with Crippen LogP contribution in [0.1, 0.15) is 30.6 Å². The van der Waals surface area contributed by atoms with E-state index in [2.05, 4.69) is 34.6 Å². The van der Waals surface area contributed by atoms with E-state index in [9.17, 15) is 4.79 Å². The molecule has 1 aromatic carbocycles. The number of rotatable bonds is 10. The highest BCUT2D eigenvalue weighted by molar-refractivity contribution is 7.99. The Bertz CT molecular complexity index is 1100. The van der Waals surface area contributed by atoms with Gasteiger partial charge >= 0.3 is 0 Å². The molecule has 4 rings (SSSR count). The number of carbonyl (C=O) groups is 1.